The van der Waals surface area contributed by atoms with E-state index in [-0.39, 0.29) is 12.5 Å². The number of rotatable bonds is 7. The summed E-state index contributed by atoms with van der Waals surface area (Å²) in [7, 11) is 0. The number of aliphatic hydroxyl groups is 1. The van der Waals surface area contributed by atoms with Crippen LogP contribution in [0.2, 0.25) is 0 Å². The third kappa shape index (κ3) is 4.77. The van der Waals surface area contributed by atoms with Gasteiger partial charge in [-0.25, -0.2) is 9.97 Å². The van der Waals surface area contributed by atoms with Crippen molar-refractivity contribution in [3.8, 4) is 0 Å². The first-order valence-electron chi connectivity index (χ1n) is 10.3. The molecule has 0 radical (unpaired) electrons. The fourth-order valence-corrected chi connectivity index (χ4v) is 3.95. The number of likely N-dealkylation sites (tertiary alicyclic amines) is 1. The quantitative estimate of drug-likeness (QED) is 0.666. The Balaban J connectivity index is 1.23. The van der Waals surface area contributed by atoms with Gasteiger partial charge in [-0.2, -0.15) is 0 Å². The van der Waals surface area contributed by atoms with Crippen LogP contribution in [0.25, 0.3) is 0 Å². The monoisotopic (exact) mass is 383 g/mol. The van der Waals surface area contributed by atoms with Crippen molar-refractivity contribution in [2.24, 2.45) is 0 Å². The minimum Gasteiger partial charge on any atom is -0.390 e. The van der Waals surface area contributed by atoms with Crippen LogP contribution in [0.15, 0.2) is 35.7 Å². The number of anilines is 1. The average molecular weight is 383 g/mol. The van der Waals surface area contributed by atoms with Crippen molar-refractivity contribution >= 4 is 11.7 Å². The SMILES string of the molecule is O=C(NCC(O)CN1CCC2=CCCC=C2C1)c1cc(NC2CCC2)ncn1. The zero-order valence-electron chi connectivity index (χ0n) is 16.2. The predicted octanol–water partition coefficient (Wildman–Crippen LogP) is 1.88. The second-order valence-corrected chi connectivity index (χ2v) is 7.95. The van der Waals surface area contributed by atoms with Gasteiger partial charge in [0.1, 0.15) is 17.8 Å². The summed E-state index contributed by atoms with van der Waals surface area (Å²) in [5.74, 6) is 0.403. The Morgan fingerprint density at radius 2 is 2.07 bits per heavy atom. The number of hydrogen-bond acceptors (Lipinski definition) is 6. The second kappa shape index (κ2) is 8.84. The van der Waals surface area contributed by atoms with Crippen LogP contribution in [-0.4, -0.2) is 64.2 Å². The summed E-state index contributed by atoms with van der Waals surface area (Å²) in [6, 6.07) is 2.13. The summed E-state index contributed by atoms with van der Waals surface area (Å²) in [4.78, 5) is 22.9. The summed E-state index contributed by atoms with van der Waals surface area (Å²) in [5, 5.41) is 16.5. The van der Waals surface area contributed by atoms with E-state index in [9.17, 15) is 9.90 Å². The molecular formula is C21H29N5O2. The average Bonchev–Trinajstić information content (AvgIpc) is 2.69. The van der Waals surface area contributed by atoms with Crippen LogP contribution in [-0.2, 0) is 0 Å². The number of hydrogen-bond donors (Lipinski definition) is 3. The minimum absolute atomic E-state index is 0.215. The van der Waals surface area contributed by atoms with Gasteiger partial charge in [0.2, 0.25) is 0 Å². The van der Waals surface area contributed by atoms with Crippen molar-refractivity contribution < 1.29 is 9.90 Å². The number of nitrogens with zero attached hydrogens (tertiary/aromatic N) is 3. The molecule has 1 amide bonds. The van der Waals surface area contributed by atoms with Gasteiger partial charge in [-0.05, 0) is 49.7 Å². The molecule has 4 rings (SSSR count). The summed E-state index contributed by atoms with van der Waals surface area (Å²) >= 11 is 0. The molecule has 1 saturated carbocycles. The molecule has 2 heterocycles. The number of amides is 1. The molecule has 7 heteroatoms. The highest BCUT2D eigenvalue weighted by molar-refractivity contribution is 5.92. The van der Waals surface area contributed by atoms with E-state index in [1.54, 1.807) is 6.07 Å². The van der Waals surface area contributed by atoms with Crippen molar-refractivity contribution in [2.45, 2.75) is 50.7 Å². The van der Waals surface area contributed by atoms with Crippen LogP contribution in [0.5, 0.6) is 0 Å². The number of aromatic nitrogens is 2. The first-order chi connectivity index (χ1) is 13.7. The van der Waals surface area contributed by atoms with E-state index in [1.165, 1.54) is 23.9 Å². The normalized spacial score (nSPS) is 21.0. The van der Waals surface area contributed by atoms with Gasteiger partial charge in [-0.15, -0.1) is 0 Å². The van der Waals surface area contributed by atoms with E-state index in [4.69, 9.17) is 0 Å². The molecule has 2 fully saturated rings. The van der Waals surface area contributed by atoms with Crippen molar-refractivity contribution in [3.63, 3.8) is 0 Å². The molecule has 1 aliphatic heterocycles. The van der Waals surface area contributed by atoms with Crippen LogP contribution >= 0.6 is 0 Å². The molecule has 0 aromatic carbocycles. The molecule has 150 valence electrons. The van der Waals surface area contributed by atoms with E-state index in [0.717, 1.165) is 45.2 Å². The lowest BCUT2D eigenvalue weighted by atomic mass is 9.91. The number of aliphatic hydroxyl groups excluding tert-OH is 1. The van der Waals surface area contributed by atoms with Crippen LogP contribution in [0.3, 0.4) is 0 Å². The topological polar surface area (TPSA) is 90.4 Å². The van der Waals surface area contributed by atoms with Gasteiger partial charge in [0.15, 0.2) is 0 Å². The molecule has 2 aliphatic carbocycles. The standard InChI is InChI=1S/C21H29N5O2/c27-18(13-26-9-8-15-4-1-2-5-16(15)12-26)11-22-21(28)19-10-20(24-14-23-19)25-17-6-3-7-17/h4-5,10,14,17-18,27H,1-3,6-9,11-13H2,(H,22,28)(H,23,24,25). The smallest absolute Gasteiger partial charge is 0.270 e. The van der Waals surface area contributed by atoms with Crippen LogP contribution in [0.1, 0.15) is 49.0 Å². The molecule has 0 spiro atoms. The zero-order valence-corrected chi connectivity index (χ0v) is 16.2. The molecule has 1 unspecified atom stereocenters. The lowest BCUT2D eigenvalue weighted by molar-refractivity contribution is 0.0859. The highest BCUT2D eigenvalue weighted by Gasteiger charge is 2.22. The number of carbonyl (C=O) groups is 1. The van der Waals surface area contributed by atoms with E-state index in [0.29, 0.717) is 24.1 Å². The maximum Gasteiger partial charge on any atom is 0.270 e. The molecule has 3 N–H and O–H groups in total. The Morgan fingerprint density at radius 3 is 2.86 bits per heavy atom. The van der Waals surface area contributed by atoms with Crippen molar-refractivity contribution in [1.82, 2.24) is 20.2 Å². The number of piperidine rings is 1. The van der Waals surface area contributed by atoms with Crippen molar-refractivity contribution in [2.75, 3.05) is 31.5 Å². The van der Waals surface area contributed by atoms with Crippen LogP contribution in [0.4, 0.5) is 5.82 Å². The van der Waals surface area contributed by atoms with E-state index in [1.807, 2.05) is 0 Å². The Kier molecular flexibility index (Phi) is 6.02. The summed E-state index contributed by atoms with van der Waals surface area (Å²) < 4.78 is 0. The third-order valence-electron chi connectivity index (χ3n) is 5.78. The summed E-state index contributed by atoms with van der Waals surface area (Å²) in [5.41, 5.74) is 3.20. The maximum atomic E-state index is 12.4. The molecule has 3 aliphatic rings. The lowest BCUT2D eigenvalue weighted by Gasteiger charge is -2.33. The zero-order chi connectivity index (χ0) is 19.3. The number of nitrogens with one attached hydrogen (secondary N) is 2. The largest absolute Gasteiger partial charge is 0.390 e. The molecular weight excluding hydrogens is 354 g/mol. The van der Waals surface area contributed by atoms with Gasteiger partial charge in [-0.1, -0.05) is 12.2 Å². The van der Waals surface area contributed by atoms with Crippen LogP contribution in [0, 0.1) is 0 Å². The Bertz CT molecular complexity index is 772. The van der Waals surface area contributed by atoms with E-state index < -0.39 is 6.10 Å². The number of fused-ring (bicyclic) bond motifs is 1. The van der Waals surface area contributed by atoms with Crippen molar-refractivity contribution in [1.29, 1.82) is 0 Å². The molecule has 1 aromatic heterocycles. The Morgan fingerprint density at radius 1 is 1.25 bits per heavy atom. The summed E-state index contributed by atoms with van der Waals surface area (Å²) in [6.07, 6.45) is 12.3. The number of β-amino-alcohol motifs (C(OH)–C–C–N with tert-alkyl or cyclic N) is 1. The molecule has 1 aromatic rings. The second-order valence-electron chi connectivity index (χ2n) is 7.95. The molecule has 1 atom stereocenters. The summed E-state index contributed by atoms with van der Waals surface area (Å²) in [6.45, 7) is 2.62. The first kappa shape index (κ1) is 19.1. The fourth-order valence-electron chi connectivity index (χ4n) is 3.95. The van der Waals surface area contributed by atoms with Gasteiger partial charge in [0.25, 0.3) is 5.91 Å². The predicted molar refractivity (Wildman–Crippen MR) is 108 cm³/mol. The number of allylic oxidation sites excluding steroid dienone is 2. The minimum atomic E-state index is -0.604. The third-order valence-corrected chi connectivity index (χ3v) is 5.78. The van der Waals surface area contributed by atoms with E-state index >= 15 is 0 Å². The van der Waals surface area contributed by atoms with Gasteiger partial charge in [-0.3, -0.25) is 9.69 Å². The van der Waals surface area contributed by atoms with Gasteiger partial charge in [0, 0.05) is 38.3 Å². The molecule has 1 saturated heterocycles. The molecule has 28 heavy (non-hydrogen) atoms. The number of carbonyl (C=O) groups excluding carboxylic acids is 1. The van der Waals surface area contributed by atoms with Gasteiger partial charge >= 0.3 is 0 Å². The van der Waals surface area contributed by atoms with Gasteiger partial charge in [0.05, 0.1) is 6.10 Å². The molecule has 7 nitrogen and oxygen atoms in total. The highest BCUT2D eigenvalue weighted by atomic mass is 16.3. The first-order valence-corrected chi connectivity index (χ1v) is 10.3. The maximum absolute atomic E-state index is 12.4. The highest BCUT2D eigenvalue weighted by Crippen LogP contribution is 2.27. The van der Waals surface area contributed by atoms with Gasteiger partial charge < -0.3 is 15.7 Å². The van der Waals surface area contributed by atoms with Crippen LogP contribution < -0.4 is 10.6 Å². The Labute approximate surface area is 165 Å². The lowest BCUT2D eigenvalue weighted by Crippen LogP contribution is -2.43. The fraction of sp³-hybridized carbons (Fsp3) is 0.571. The molecule has 0 bridgehead atoms. The van der Waals surface area contributed by atoms with E-state index in [2.05, 4.69) is 37.7 Å². The Hall–Kier alpha value is -2.25. The van der Waals surface area contributed by atoms with Crippen molar-refractivity contribution in [3.05, 3.63) is 41.4 Å².